The summed E-state index contributed by atoms with van der Waals surface area (Å²) in [5.74, 6) is -3.94. The van der Waals surface area contributed by atoms with Crippen molar-refractivity contribution in [3.05, 3.63) is 59.2 Å². The number of nitrogens with two attached hydrogens (primary N) is 2. The fourth-order valence-corrected chi connectivity index (χ4v) is 6.86. The Kier molecular flexibility index (Phi) is 5.07. The average Bonchev–Trinajstić information content (AvgIpc) is 3.63. The van der Waals surface area contributed by atoms with Crippen LogP contribution in [0.4, 0.5) is 0 Å². The van der Waals surface area contributed by atoms with Crippen LogP contribution < -0.4 is 22.1 Å². The standard InChI is InChI=1S/C27H28N8O5/c28-24-32-22-17(11-34-19(36)8-9-20(34)37)30-25(29)35-12-18(27(39,40)26(22,35)33-24)31-23(38)16-7-3-5-14-10-13-4-1-2-6-15(13)21(14)16/h1-7,17-18,22,39-40H,8-12H2,(H2,29,30)(H,31,38)(H3,28,32,33)/t17-,18-,22-,26-/m0/s1. The van der Waals surface area contributed by atoms with Gasteiger partial charge in [-0.05, 0) is 34.7 Å². The first-order valence-electron chi connectivity index (χ1n) is 13.1. The van der Waals surface area contributed by atoms with Crippen molar-refractivity contribution in [2.75, 3.05) is 13.1 Å². The van der Waals surface area contributed by atoms with Crippen molar-refractivity contribution < 1.29 is 24.6 Å². The number of guanidine groups is 2. The third kappa shape index (κ3) is 3.18. The molecule has 2 saturated heterocycles. The number of nitrogens with zero attached hydrogens (tertiary/aromatic N) is 4. The molecule has 2 aromatic carbocycles. The zero-order chi connectivity index (χ0) is 28.0. The number of aliphatic hydroxyl groups is 2. The minimum atomic E-state index is -2.63. The number of carbonyl (C=O) groups is 3. The second-order valence-corrected chi connectivity index (χ2v) is 10.8. The highest BCUT2D eigenvalue weighted by Gasteiger charge is 2.73. The Balaban J connectivity index is 1.21. The number of benzene rings is 2. The third-order valence-corrected chi connectivity index (χ3v) is 8.69. The van der Waals surface area contributed by atoms with E-state index in [1.54, 1.807) is 12.1 Å². The van der Waals surface area contributed by atoms with E-state index in [-0.39, 0.29) is 49.7 Å². The monoisotopic (exact) mass is 544 g/mol. The van der Waals surface area contributed by atoms with E-state index in [0.717, 1.165) is 27.2 Å². The highest BCUT2D eigenvalue weighted by atomic mass is 16.5. The SMILES string of the molecule is NC1=N[C@H]2[C@H](CN3C(=O)CCC3=O)N=C(N)N3C[C@H](NC(=O)c4cccc5c4-c4ccccc4C5)C(O)(O)[C@]23N1. The van der Waals surface area contributed by atoms with E-state index in [1.807, 2.05) is 30.3 Å². The first-order chi connectivity index (χ1) is 19.1. The Bertz CT molecular complexity index is 1540. The second-order valence-electron chi connectivity index (χ2n) is 10.8. The summed E-state index contributed by atoms with van der Waals surface area (Å²) in [7, 11) is 0. The molecule has 8 N–H and O–H groups in total. The van der Waals surface area contributed by atoms with Gasteiger partial charge < -0.3 is 37.2 Å². The molecule has 40 heavy (non-hydrogen) atoms. The van der Waals surface area contributed by atoms with E-state index in [4.69, 9.17) is 11.5 Å². The number of nitrogens with one attached hydrogen (secondary N) is 2. The molecule has 2 aromatic rings. The molecule has 0 unspecified atom stereocenters. The maximum Gasteiger partial charge on any atom is 0.252 e. The van der Waals surface area contributed by atoms with Gasteiger partial charge in [-0.15, -0.1) is 0 Å². The number of rotatable bonds is 4. The van der Waals surface area contributed by atoms with Gasteiger partial charge in [0.25, 0.3) is 5.91 Å². The van der Waals surface area contributed by atoms with Crippen LogP contribution in [0.1, 0.15) is 34.3 Å². The Hall–Kier alpha value is -4.49. The molecule has 7 rings (SSSR count). The lowest BCUT2D eigenvalue weighted by Crippen LogP contribution is -2.78. The van der Waals surface area contributed by atoms with Crippen LogP contribution in [-0.4, -0.2) is 92.3 Å². The zero-order valence-corrected chi connectivity index (χ0v) is 21.4. The smallest absolute Gasteiger partial charge is 0.252 e. The van der Waals surface area contributed by atoms with E-state index in [1.165, 1.54) is 4.90 Å². The number of hydrogen-bond acceptors (Lipinski definition) is 11. The van der Waals surface area contributed by atoms with Crippen LogP contribution in [0, 0.1) is 0 Å². The first kappa shape index (κ1) is 24.5. The molecule has 4 atom stereocenters. The molecule has 4 heterocycles. The molecular weight excluding hydrogens is 516 g/mol. The van der Waals surface area contributed by atoms with E-state index in [0.29, 0.717) is 12.0 Å². The molecule has 3 amide bonds. The van der Waals surface area contributed by atoms with E-state index < -0.39 is 35.5 Å². The predicted octanol–water partition coefficient (Wildman–Crippen LogP) is -1.82. The fourth-order valence-electron chi connectivity index (χ4n) is 6.86. The maximum absolute atomic E-state index is 13.7. The molecule has 0 saturated carbocycles. The van der Waals surface area contributed by atoms with Gasteiger partial charge in [-0.25, -0.2) is 9.98 Å². The molecule has 5 aliphatic rings. The van der Waals surface area contributed by atoms with Crippen LogP contribution in [0.15, 0.2) is 52.4 Å². The average molecular weight is 545 g/mol. The highest BCUT2D eigenvalue weighted by Crippen LogP contribution is 2.45. The van der Waals surface area contributed by atoms with Crippen LogP contribution in [0.5, 0.6) is 0 Å². The van der Waals surface area contributed by atoms with E-state index in [2.05, 4.69) is 20.6 Å². The lowest BCUT2D eigenvalue weighted by molar-refractivity contribution is -0.230. The Morgan fingerprint density at radius 1 is 1.05 bits per heavy atom. The fraction of sp³-hybridized carbons (Fsp3) is 0.370. The molecule has 13 nitrogen and oxygen atoms in total. The topological polar surface area (TPSA) is 199 Å². The van der Waals surface area contributed by atoms with Crippen LogP contribution in [-0.2, 0) is 16.0 Å². The van der Waals surface area contributed by atoms with Crippen molar-refractivity contribution >= 4 is 29.6 Å². The summed E-state index contributed by atoms with van der Waals surface area (Å²) in [6.45, 7) is -0.250. The predicted molar refractivity (Wildman–Crippen MR) is 142 cm³/mol. The van der Waals surface area contributed by atoms with E-state index >= 15 is 0 Å². The minimum absolute atomic E-state index is 0.0588. The lowest BCUT2D eigenvalue weighted by atomic mass is 9.84. The van der Waals surface area contributed by atoms with Gasteiger partial charge in [-0.3, -0.25) is 19.3 Å². The van der Waals surface area contributed by atoms with Crippen molar-refractivity contribution in [2.45, 2.75) is 48.8 Å². The van der Waals surface area contributed by atoms with Gasteiger partial charge in [0.2, 0.25) is 17.6 Å². The summed E-state index contributed by atoms with van der Waals surface area (Å²) in [5, 5.41) is 29.1. The molecule has 0 bridgehead atoms. The Morgan fingerprint density at radius 2 is 1.77 bits per heavy atom. The Morgan fingerprint density at radius 3 is 2.55 bits per heavy atom. The second kappa shape index (κ2) is 8.26. The summed E-state index contributed by atoms with van der Waals surface area (Å²) >= 11 is 0. The summed E-state index contributed by atoms with van der Waals surface area (Å²) in [6, 6.07) is 10.2. The number of hydrogen-bond donors (Lipinski definition) is 6. The number of imide groups is 1. The van der Waals surface area contributed by atoms with Crippen LogP contribution in [0.25, 0.3) is 11.1 Å². The molecule has 206 valence electrons. The summed E-state index contributed by atoms with van der Waals surface area (Å²) < 4.78 is 0. The van der Waals surface area contributed by atoms with Gasteiger partial charge in [0.15, 0.2) is 17.6 Å². The maximum atomic E-state index is 13.7. The number of carbonyl (C=O) groups excluding carboxylic acids is 3. The van der Waals surface area contributed by atoms with Gasteiger partial charge in [0.05, 0.1) is 12.6 Å². The molecule has 0 aromatic heterocycles. The van der Waals surface area contributed by atoms with Crippen molar-refractivity contribution in [2.24, 2.45) is 21.5 Å². The van der Waals surface area contributed by atoms with Crippen molar-refractivity contribution in [3.63, 3.8) is 0 Å². The lowest BCUT2D eigenvalue weighted by Gasteiger charge is -2.49. The zero-order valence-electron chi connectivity index (χ0n) is 21.4. The quantitative estimate of drug-likeness (QED) is 0.162. The van der Waals surface area contributed by atoms with Crippen LogP contribution in [0.3, 0.4) is 0 Å². The molecule has 2 fully saturated rings. The van der Waals surface area contributed by atoms with Crippen LogP contribution in [0.2, 0.25) is 0 Å². The number of likely N-dealkylation sites (tertiary alicyclic amines) is 1. The molecule has 13 heteroatoms. The number of amides is 3. The summed E-state index contributed by atoms with van der Waals surface area (Å²) in [5.41, 5.74) is 14.9. The van der Waals surface area contributed by atoms with Gasteiger partial charge in [0, 0.05) is 24.9 Å². The van der Waals surface area contributed by atoms with E-state index in [9.17, 15) is 24.6 Å². The van der Waals surface area contributed by atoms with Gasteiger partial charge in [-0.2, -0.15) is 0 Å². The molecule has 4 aliphatic heterocycles. The van der Waals surface area contributed by atoms with Crippen molar-refractivity contribution in [3.8, 4) is 11.1 Å². The van der Waals surface area contributed by atoms with Crippen molar-refractivity contribution in [1.82, 2.24) is 20.4 Å². The third-order valence-electron chi connectivity index (χ3n) is 8.69. The summed E-state index contributed by atoms with van der Waals surface area (Å²) in [4.78, 5) is 49.7. The first-order valence-corrected chi connectivity index (χ1v) is 13.1. The number of aliphatic imine (C=N–C) groups is 2. The summed E-state index contributed by atoms with van der Waals surface area (Å²) in [6.07, 6.45) is 0.902. The molecule has 0 radical (unpaired) electrons. The van der Waals surface area contributed by atoms with Gasteiger partial charge in [-0.1, -0.05) is 36.4 Å². The van der Waals surface area contributed by atoms with Gasteiger partial charge >= 0.3 is 0 Å². The van der Waals surface area contributed by atoms with Gasteiger partial charge in [0.1, 0.15) is 12.1 Å². The normalized spacial score (nSPS) is 29.3. The molecule has 1 aliphatic carbocycles. The highest BCUT2D eigenvalue weighted by molar-refractivity contribution is 6.04. The Labute approximate surface area is 228 Å². The molecular formula is C27H28N8O5. The largest absolute Gasteiger partial charge is 0.370 e. The molecule has 1 spiro atoms. The minimum Gasteiger partial charge on any atom is -0.370 e. The van der Waals surface area contributed by atoms with Crippen LogP contribution >= 0.6 is 0 Å². The number of fused-ring (bicyclic) bond motifs is 3. The van der Waals surface area contributed by atoms with Crippen molar-refractivity contribution in [1.29, 1.82) is 0 Å².